The first kappa shape index (κ1) is 20.2. The number of nitrogens with one attached hydrogen (secondary N) is 1. The Bertz CT molecular complexity index is 897. The average Bonchev–Trinajstić information content (AvgIpc) is 2.92. The number of imide groups is 1. The third kappa shape index (κ3) is 4.00. The zero-order valence-corrected chi connectivity index (χ0v) is 16.3. The van der Waals surface area contributed by atoms with Crippen LogP contribution < -0.4 is 10.5 Å². The molecule has 1 aromatic rings. The molecular weight excluding hydrogens is 382 g/mol. The summed E-state index contributed by atoms with van der Waals surface area (Å²) in [5.41, 5.74) is 0.825. The molecule has 0 radical (unpaired) electrons. The van der Waals surface area contributed by atoms with Gasteiger partial charge < -0.3 is 5.32 Å². The molecule has 3 rings (SSSR count). The van der Waals surface area contributed by atoms with Crippen LogP contribution in [0.5, 0.6) is 0 Å². The van der Waals surface area contributed by atoms with Crippen molar-refractivity contribution in [3.05, 3.63) is 42.0 Å². The minimum absolute atomic E-state index is 0.0240. The molecule has 3 N–H and O–H groups in total. The smallest absolute Gasteiger partial charge is 0.243 e. The van der Waals surface area contributed by atoms with E-state index >= 15 is 0 Å². The summed E-state index contributed by atoms with van der Waals surface area (Å²) in [6, 6.07) is 5.20. The summed E-state index contributed by atoms with van der Waals surface area (Å²) in [5.74, 6) is -1.66. The summed E-state index contributed by atoms with van der Waals surface area (Å²) in [6.07, 6.45) is 5.35. The van der Waals surface area contributed by atoms with E-state index in [4.69, 9.17) is 5.14 Å². The van der Waals surface area contributed by atoms with Gasteiger partial charge in [-0.15, -0.1) is 0 Å². The molecule has 9 heteroatoms. The summed E-state index contributed by atoms with van der Waals surface area (Å²) in [7, 11) is -3.74. The van der Waals surface area contributed by atoms with E-state index in [0.29, 0.717) is 25.8 Å². The minimum Gasteiger partial charge on any atom is -0.354 e. The lowest BCUT2D eigenvalue weighted by atomic mass is 9.85. The third-order valence-electron chi connectivity index (χ3n) is 5.27. The van der Waals surface area contributed by atoms with Gasteiger partial charge in [-0.2, -0.15) is 0 Å². The second-order valence-corrected chi connectivity index (χ2v) is 8.67. The fourth-order valence-corrected chi connectivity index (χ4v) is 4.16. The van der Waals surface area contributed by atoms with E-state index in [-0.39, 0.29) is 28.5 Å². The highest BCUT2D eigenvalue weighted by atomic mass is 32.2. The van der Waals surface area contributed by atoms with Gasteiger partial charge in [-0.05, 0) is 43.9 Å². The molecule has 1 aliphatic heterocycles. The number of rotatable bonds is 6. The van der Waals surface area contributed by atoms with Crippen molar-refractivity contribution < 1.29 is 22.8 Å². The number of benzene rings is 1. The van der Waals surface area contributed by atoms with Crippen LogP contribution in [0.4, 0.5) is 0 Å². The minimum atomic E-state index is -3.74. The van der Waals surface area contributed by atoms with E-state index in [1.165, 1.54) is 12.1 Å². The molecule has 1 fully saturated rings. The molecule has 8 nitrogen and oxygen atoms in total. The highest BCUT2D eigenvalue weighted by Gasteiger charge is 2.49. The van der Waals surface area contributed by atoms with E-state index in [1.54, 1.807) is 19.1 Å². The van der Waals surface area contributed by atoms with Crippen molar-refractivity contribution in [3.63, 3.8) is 0 Å². The van der Waals surface area contributed by atoms with Crippen molar-refractivity contribution in [2.24, 2.45) is 17.0 Å². The number of sulfonamides is 1. The molecule has 0 bridgehead atoms. The summed E-state index contributed by atoms with van der Waals surface area (Å²) >= 11 is 0. The summed E-state index contributed by atoms with van der Waals surface area (Å²) in [5, 5.41) is 7.79. The van der Waals surface area contributed by atoms with Gasteiger partial charge in [0, 0.05) is 6.54 Å². The molecule has 0 saturated carbocycles. The average molecular weight is 405 g/mol. The number of hydrogen-bond donors (Lipinski definition) is 2. The van der Waals surface area contributed by atoms with Crippen molar-refractivity contribution >= 4 is 27.7 Å². The Morgan fingerprint density at radius 2 is 1.68 bits per heavy atom. The van der Waals surface area contributed by atoms with Gasteiger partial charge in [0.15, 0.2) is 0 Å². The normalized spacial score (nSPS) is 22.9. The highest BCUT2D eigenvalue weighted by molar-refractivity contribution is 7.89. The maximum absolute atomic E-state index is 12.5. The van der Waals surface area contributed by atoms with Gasteiger partial charge in [-0.25, -0.2) is 13.6 Å². The predicted octanol–water partition coefficient (Wildman–Crippen LogP) is 0.332. The van der Waals surface area contributed by atoms with Crippen molar-refractivity contribution in [2.75, 3.05) is 6.54 Å². The Labute approximate surface area is 163 Å². The summed E-state index contributed by atoms with van der Waals surface area (Å²) in [4.78, 5) is 38.6. The molecule has 3 amide bonds. The van der Waals surface area contributed by atoms with Crippen LogP contribution >= 0.6 is 0 Å². The lowest BCUT2D eigenvalue weighted by molar-refractivity contribution is -0.147. The van der Waals surface area contributed by atoms with Gasteiger partial charge in [-0.3, -0.25) is 19.3 Å². The monoisotopic (exact) mass is 405 g/mol. The molecule has 0 spiro atoms. The van der Waals surface area contributed by atoms with Crippen molar-refractivity contribution in [1.82, 2.24) is 10.2 Å². The first-order valence-electron chi connectivity index (χ1n) is 9.11. The van der Waals surface area contributed by atoms with Crippen molar-refractivity contribution in [3.8, 4) is 0 Å². The van der Waals surface area contributed by atoms with E-state index in [1.807, 2.05) is 12.2 Å². The number of likely N-dealkylation sites (tertiary alicyclic amines) is 1. The van der Waals surface area contributed by atoms with Crippen LogP contribution in [0.3, 0.4) is 0 Å². The fourth-order valence-electron chi connectivity index (χ4n) is 3.65. The maximum atomic E-state index is 12.5. The number of primary sulfonamides is 1. The zero-order valence-electron chi connectivity index (χ0n) is 15.5. The largest absolute Gasteiger partial charge is 0.354 e. The van der Waals surface area contributed by atoms with Gasteiger partial charge in [0.1, 0.15) is 6.04 Å². The van der Waals surface area contributed by atoms with E-state index in [2.05, 4.69) is 5.32 Å². The second-order valence-electron chi connectivity index (χ2n) is 7.11. The number of amides is 3. The van der Waals surface area contributed by atoms with Crippen LogP contribution in [0.15, 0.2) is 41.3 Å². The molecule has 2 aliphatic rings. The molecule has 3 atom stereocenters. The molecule has 1 aromatic carbocycles. The first-order chi connectivity index (χ1) is 13.2. The summed E-state index contributed by atoms with van der Waals surface area (Å²) in [6.45, 7) is 1.85. The van der Waals surface area contributed by atoms with Crippen LogP contribution in [-0.2, 0) is 30.8 Å². The van der Waals surface area contributed by atoms with Gasteiger partial charge >= 0.3 is 0 Å². The summed E-state index contributed by atoms with van der Waals surface area (Å²) < 4.78 is 22.5. The van der Waals surface area contributed by atoms with E-state index in [9.17, 15) is 22.8 Å². The molecule has 28 heavy (non-hydrogen) atoms. The van der Waals surface area contributed by atoms with Crippen LogP contribution in [0, 0.1) is 11.8 Å². The predicted molar refractivity (Wildman–Crippen MR) is 101 cm³/mol. The molecule has 1 heterocycles. The number of fused-ring (bicyclic) bond motifs is 1. The van der Waals surface area contributed by atoms with Crippen molar-refractivity contribution in [1.29, 1.82) is 0 Å². The maximum Gasteiger partial charge on any atom is 0.243 e. The first-order valence-corrected chi connectivity index (χ1v) is 10.7. The van der Waals surface area contributed by atoms with Gasteiger partial charge in [0.05, 0.1) is 16.7 Å². The van der Waals surface area contributed by atoms with Crippen LogP contribution in [0.1, 0.15) is 25.3 Å². The zero-order chi connectivity index (χ0) is 20.5. The Morgan fingerprint density at radius 3 is 2.18 bits per heavy atom. The fraction of sp³-hybridized carbons (Fsp3) is 0.421. The Kier molecular flexibility index (Phi) is 5.66. The number of allylic oxidation sites excluding steroid dienone is 2. The number of nitrogens with zero attached hydrogens (tertiary/aromatic N) is 1. The lowest BCUT2D eigenvalue weighted by Gasteiger charge is -2.22. The highest BCUT2D eigenvalue weighted by Crippen LogP contribution is 2.36. The van der Waals surface area contributed by atoms with Crippen LogP contribution in [-0.4, -0.2) is 43.6 Å². The number of carbonyl (C=O) groups is 3. The lowest BCUT2D eigenvalue weighted by Crippen LogP contribution is -2.48. The number of hydrogen-bond acceptors (Lipinski definition) is 5. The molecule has 0 unspecified atom stereocenters. The van der Waals surface area contributed by atoms with E-state index < -0.39 is 22.0 Å². The quantitative estimate of drug-likeness (QED) is 0.521. The topological polar surface area (TPSA) is 127 Å². The van der Waals surface area contributed by atoms with E-state index in [0.717, 1.165) is 10.5 Å². The Balaban J connectivity index is 1.55. The van der Waals surface area contributed by atoms with Crippen LogP contribution in [0.2, 0.25) is 0 Å². The Morgan fingerprint density at radius 1 is 1.14 bits per heavy atom. The van der Waals surface area contributed by atoms with Crippen molar-refractivity contribution in [2.45, 2.75) is 37.1 Å². The second kappa shape index (κ2) is 7.84. The SMILES string of the molecule is C[C@H](C(=O)NCCc1ccc(S(N)(=O)=O)cc1)N1C(=O)[C@H]2CC=CC[C@H]2C1=O. The van der Waals surface area contributed by atoms with Gasteiger partial charge in [-0.1, -0.05) is 24.3 Å². The third-order valence-corrected chi connectivity index (χ3v) is 6.20. The van der Waals surface area contributed by atoms with Crippen LogP contribution in [0.25, 0.3) is 0 Å². The molecule has 1 aliphatic carbocycles. The number of carbonyl (C=O) groups excluding carboxylic acids is 3. The van der Waals surface area contributed by atoms with Gasteiger partial charge in [0.2, 0.25) is 27.7 Å². The molecule has 0 aromatic heterocycles. The standard InChI is InChI=1S/C19H23N3O5S/c1-12(22-18(24)15-4-2-3-5-16(15)19(22)25)17(23)21-11-10-13-6-8-14(9-7-13)28(20,26)27/h2-3,6-9,12,15-16H,4-5,10-11H2,1H3,(H,21,23)(H2,20,26,27)/t12-,15-,16+/m1/s1. The molecule has 1 saturated heterocycles. The molecular formula is C19H23N3O5S. The molecule has 150 valence electrons. The van der Waals surface area contributed by atoms with Gasteiger partial charge in [0.25, 0.3) is 0 Å². The Hall–Kier alpha value is -2.52. The number of nitrogens with two attached hydrogens (primary N) is 1.